The molecule has 2 aromatic rings. The molecule has 0 amide bonds. The van der Waals surface area contributed by atoms with Gasteiger partial charge in [0.25, 0.3) is 0 Å². The van der Waals surface area contributed by atoms with E-state index in [1.807, 2.05) is 30.3 Å². The van der Waals surface area contributed by atoms with Crippen LogP contribution in [0.25, 0.3) is 12.2 Å². The second-order valence-corrected chi connectivity index (χ2v) is 3.98. The molecule has 0 saturated carbocycles. The predicted molar refractivity (Wildman–Crippen MR) is 64.8 cm³/mol. The molecule has 3 rings (SSSR count). The van der Waals surface area contributed by atoms with Gasteiger partial charge in [-0.25, -0.2) is 0 Å². The first kappa shape index (κ1) is 12.5. The van der Waals surface area contributed by atoms with E-state index in [2.05, 4.69) is 25.6 Å². The van der Waals surface area contributed by atoms with Crippen LogP contribution in [0.1, 0.15) is 12.5 Å². The molecule has 0 spiro atoms. The predicted octanol–water partition coefficient (Wildman–Crippen LogP) is 2.22. The first-order valence-corrected chi connectivity index (χ1v) is 5.24. The van der Waals surface area contributed by atoms with Gasteiger partial charge < -0.3 is 4.74 Å². The Hall–Kier alpha value is -0.916. The minimum absolute atomic E-state index is 0. The van der Waals surface area contributed by atoms with E-state index in [9.17, 15) is 0 Å². The van der Waals surface area contributed by atoms with Gasteiger partial charge in [0.15, 0.2) is 0 Å². The molecule has 1 radical (unpaired) electrons. The summed E-state index contributed by atoms with van der Waals surface area (Å²) in [6.07, 6.45) is 0. The second kappa shape index (κ2) is 4.76. The zero-order valence-corrected chi connectivity index (χ0v) is 12.5. The van der Waals surface area contributed by atoms with Crippen LogP contribution >= 0.6 is 0 Å². The van der Waals surface area contributed by atoms with E-state index >= 15 is 0 Å². The Balaban J connectivity index is 0.00000108. The van der Waals surface area contributed by atoms with Crippen LogP contribution in [-0.2, 0) is 32.7 Å². The molecular weight excluding hydrogens is 285 g/mol. The fourth-order valence-corrected chi connectivity index (χ4v) is 2.03. The molecule has 0 aromatic heterocycles. The minimum atomic E-state index is 0. The van der Waals surface area contributed by atoms with Crippen molar-refractivity contribution in [3.05, 3.63) is 58.5 Å². The Bertz CT molecular complexity index is 674. The van der Waals surface area contributed by atoms with Gasteiger partial charge >= 0.3 is 0 Å². The van der Waals surface area contributed by atoms with E-state index in [0.29, 0.717) is 0 Å². The molecule has 0 fully saturated rings. The number of fused-ring (bicyclic) bond motifs is 2. The molecule has 2 aromatic carbocycles. The summed E-state index contributed by atoms with van der Waals surface area (Å²) in [7, 11) is 0. The summed E-state index contributed by atoms with van der Waals surface area (Å²) in [5.74, 6) is 1.76. The standard InChI is InChI=1S/C15H11O.Y/c1-10-7-8-13-11(2)12-5-3-4-6-14(12)16-15(13)9-10;/h3,5-9H,1H2,2H3;/q-1;. The number of rotatable bonds is 0. The van der Waals surface area contributed by atoms with Crippen LogP contribution in [0.5, 0.6) is 11.5 Å². The number of hydrogen-bond donors (Lipinski definition) is 0. The van der Waals surface area contributed by atoms with Crippen molar-refractivity contribution in [2.24, 2.45) is 0 Å². The molecule has 0 saturated heterocycles. The van der Waals surface area contributed by atoms with E-state index in [-0.39, 0.29) is 32.7 Å². The van der Waals surface area contributed by atoms with Crippen LogP contribution in [0.3, 0.4) is 0 Å². The summed E-state index contributed by atoms with van der Waals surface area (Å²) in [4.78, 5) is 0. The fourth-order valence-electron chi connectivity index (χ4n) is 2.03. The number of hydrogen-bond acceptors (Lipinski definition) is 1. The molecule has 0 aliphatic carbocycles. The Morgan fingerprint density at radius 1 is 1.18 bits per heavy atom. The fraction of sp³-hybridized carbons (Fsp3) is 0.0667. The van der Waals surface area contributed by atoms with Crippen LogP contribution < -0.4 is 15.2 Å². The summed E-state index contributed by atoms with van der Waals surface area (Å²) in [6.45, 7) is 6.03. The third kappa shape index (κ3) is 2.10. The molecule has 81 valence electrons. The quantitative estimate of drug-likeness (QED) is 0.677. The van der Waals surface area contributed by atoms with Gasteiger partial charge in [0.1, 0.15) is 5.75 Å². The summed E-state index contributed by atoms with van der Waals surface area (Å²) in [5.41, 5.74) is 2.38. The summed E-state index contributed by atoms with van der Waals surface area (Å²) in [6, 6.07) is 14.9. The summed E-state index contributed by atoms with van der Waals surface area (Å²) in [5, 5.41) is 2.11. The normalized spacial score (nSPS) is 11.9. The first-order chi connectivity index (χ1) is 7.75. The topological polar surface area (TPSA) is 9.23 Å². The van der Waals surface area contributed by atoms with Gasteiger partial charge in [-0.2, -0.15) is 18.2 Å². The van der Waals surface area contributed by atoms with Crippen molar-refractivity contribution in [3.63, 3.8) is 0 Å². The largest absolute Gasteiger partial charge is 0.515 e. The molecule has 1 nitrogen and oxygen atoms in total. The van der Waals surface area contributed by atoms with Gasteiger partial charge in [-0.05, 0) is 18.2 Å². The van der Waals surface area contributed by atoms with E-state index < -0.39 is 0 Å². The van der Waals surface area contributed by atoms with Crippen LogP contribution in [0.4, 0.5) is 0 Å². The average molecular weight is 296 g/mol. The van der Waals surface area contributed by atoms with E-state index in [4.69, 9.17) is 4.74 Å². The minimum Gasteiger partial charge on any atom is -0.515 e. The molecule has 17 heavy (non-hydrogen) atoms. The zero-order valence-electron chi connectivity index (χ0n) is 9.66. The van der Waals surface area contributed by atoms with Crippen LogP contribution in [0.15, 0.2) is 36.4 Å². The third-order valence-corrected chi connectivity index (χ3v) is 2.90. The van der Waals surface area contributed by atoms with Gasteiger partial charge in [-0.15, -0.1) is 6.07 Å². The average Bonchev–Trinajstić information content (AvgIpc) is 2.29. The van der Waals surface area contributed by atoms with Crippen molar-refractivity contribution < 1.29 is 37.4 Å². The van der Waals surface area contributed by atoms with Crippen LogP contribution in [0, 0.1) is 6.07 Å². The second-order valence-electron chi connectivity index (χ2n) is 3.98. The Morgan fingerprint density at radius 2 is 2.00 bits per heavy atom. The molecule has 0 atom stereocenters. The molecule has 1 aliphatic rings. The van der Waals surface area contributed by atoms with Gasteiger partial charge in [0.05, 0.1) is 0 Å². The summed E-state index contributed by atoms with van der Waals surface area (Å²) >= 11 is 0. The molecule has 1 heterocycles. The van der Waals surface area contributed by atoms with Gasteiger partial charge in [0, 0.05) is 43.7 Å². The maximum Gasteiger partial charge on any atom is 0.118 e. The van der Waals surface area contributed by atoms with Crippen molar-refractivity contribution in [3.8, 4) is 11.5 Å². The van der Waals surface area contributed by atoms with Crippen LogP contribution in [-0.4, -0.2) is 0 Å². The Kier molecular flexibility index (Phi) is 3.51. The number of ether oxygens (including phenoxy) is 1. The molecule has 0 bridgehead atoms. The first-order valence-electron chi connectivity index (χ1n) is 5.24. The van der Waals surface area contributed by atoms with Crippen molar-refractivity contribution in [2.45, 2.75) is 6.92 Å². The van der Waals surface area contributed by atoms with Crippen molar-refractivity contribution >= 4 is 12.2 Å². The SMILES string of the molecule is C=c1ccc2c(c1)Oc1c[c-]ccc1C=2C.[Y]. The smallest absolute Gasteiger partial charge is 0.118 e. The van der Waals surface area contributed by atoms with Crippen molar-refractivity contribution in [2.75, 3.05) is 0 Å². The van der Waals surface area contributed by atoms with Gasteiger partial charge in [-0.3, -0.25) is 0 Å². The number of benzene rings is 2. The molecule has 0 unspecified atom stereocenters. The van der Waals surface area contributed by atoms with Crippen molar-refractivity contribution in [1.82, 2.24) is 0 Å². The molecule has 1 aliphatic heterocycles. The van der Waals surface area contributed by atoms with E-state index in [0.717, 1.165) is 27.5 Å². The van der Waals surface area contributed by atoms with E-state index in [1.54, 1.807) is 0 Å². The Labute approximate surface area is 126 Å². The van der Waals surface area contributed by atoms with Crippen LogP contribution in [0.2, 0.25) is 0 Å². The van der Waals surface area contributed by atoms with Gasteiger partial charge in [0.2, 0.25) is 0 Å². The maximum atomic E-state index is 5.84. The van der Waals surface area contributed by atoms with Crippen molar-refractivity contribution in [1.29, 1.82) is 0 Å². The summed E-state index contributed by atoms with van der Waals surface area (Å²) < 4.78 is 5.84. The maximum absolute atomic E-state index is 5.84. The van der Waals surface area contributed by atoms with Gasteiger partial charge in [-0.1, -0.05) is 29.8 Å². The molecule has 0 N–H and O–H groups in total. The zero-order chi connectivity index (χ0) is 11.1. The Morgan fingerprint density at radius 3 is 2.82 bits per heavy atom. The molecular formula is C15H11OY-. The third-order valence-electron chi connectivity index (χ3n) is 2.90. The van der Waals surface area contributed by atoms with E-state index in [1.165, 1.54) is 5.57 Å². The molecule has 2 heteroatoms. The monoisotopic (exact) mass is 296 g/mol.